The number of rotatable bonds is 4. The van der Waals surface area contributed by atoms with Crippen molar-refractivity contribution >= 4 is 11.6 Å². The molecule has 3 aliphatic carbocycles. The Morgan fingerprint density at radius 3 is 2.71 bits per heavy atom. The number of carbonyl (C=O) groups is 1. The quantitative estimate of drug-likeness (QED) is 0.521. The predicted molar refractivity (Wildman–Crippen MR) is 127 cm³/mol. The van der Waals surface area contributed by atoms with Crippen molar-refractivity contribution in [1.82, 2.24) is 10.2 Å². The number of hydrogen-bond donors (Lipinski definition) is 4. The van der Waals surface area contributed by atoms with E-state index < -0.39 is 17.1 Å². The van der Waals surface area contributed by atoms with E-state index in [0.29, 0.717) is 29.8 Å². The molecule has 1 spiro atoms. The number of amides is 1. The first kappa shape index (κ1) is 20.6. The summed E-state index contributed by atoms with van der Waals surface area (Å²) in [5.74, 6) is 1.20. The fraction of sp³-hybridized carbons (Fsp3) is 0.519. The summed E-state index contributed by atoms with van der Waals surface area (Å²) in [6.07, 6.45) is 4.90. The zero-order valence-corrected chi connectivity index (χ0v) is 19.2. The van der Waals surface area contributed by atoms with Gasteiger partial charge in [-0.05, 0) is 86.9 Å². The average Bonchev–Trinajstić information content (AvgIpc) is 3.56. The molecule has 0 aromatic heterocycles. The minimum Gasteiger partial charge on any atom is -0.504 e. The molecule has 5 aliphatic rings. The zero-order chi connectivity index (χ0) is 23.2. The number of piperidine rings is 1. The molecule has 5 N–H and O–H groups in total. The van der Waals surface area contributed by atoms with Crippen LogP contribution in [0, 0.1) is 5.92 Å². The fourth-order valence-electron chi connectivity index (χ4n) is 7.52. The molecule has 2 aromatic rings. The second-order valence-corrected chi connectivity index (χ2v) is 11.0. The number of nitrogens with one attached hydrogen (secondary N) is 1. The standard InChI is InChI=1S/C27H31N3O4/c28-18-6-3-16(4-7-18)25(32)29-19-9-10-27(33)21-13-17-5-8-20(31)23-22(17)26(27,24(19)34-23)11-12-30(21)14-15-1-2-15/h3-8,15,19,21,24,31,33H,1-2,9-14,28H2,(H,29,32)/t19-,21-,24+,26+,27-/m1/s1. The number of likely N-dealkylation sites (tertiary alicyclic amines) is 1. The van der Waals surface area contributed by atoms with E-state index in [2.05, 4.69) is 10.2 Å². The van der Waals surface area contributed by atoms with E-state index in [1.165, 1.54) is 12.8 Å². The summed E-state index contributed by atoms with van der Waals surface area (Å²) in [7, 11) is 0. The van der Waals surface area contributed by atoms with Crippen LogP contribution in [0.25, 0.3) is 0 Å². The molecule has 0 unspecified atom stereocenters. The van der Waals surface area contributed by atoms with E-state index in [0.717, 1.165) is 43.0 Å². The van der Waals surface area contributed by atoms with Gasteiger partial charge in [0.15, 0.2) is 11.5 Å². The lowest BCUT2D eigenvalue weighted by molar-refractivity contribution is -0.191. The average molecular weight is 462 g/mol. The highest BCUT2D eigenvalue weighted by Crippen LogP contribution is 2.65. The number of benzene rings is 2. The molecule has 2 saturated carbocycles. The monoisotopic (exact) mass is 461 g/mol. The van der Waals surface area contributed by atoms with Gasteiger partial charge in [0.1, 0.15) is 6.10 Å². The number of ether oxygens (including phenoxy) is 1. The molecular formula is C27H31N3O4. The molecule has 3 fully saturated rings. The van der Waals surface area contributed by atoms with Crippen molar-refractivity contribution in [3.8, 4) is 11.5 Å². The number of nitrogen functional groups attached to an aromatic ring is 1. The van der Waals surface area contributed by atoms with E-state index >= 15 is 0 Å². The van der Waals surface area contributed by atoms with Gasteiger partial charge in [-0.15, -0.1) is 0 Å². The number of nitrogens with two attached hydrogens (primary N) is 1. The Bertz CT molecular complexity index is 1180. The van der Waals surface area contributed by atoms with Crippen LogP contribution < -0.4 is 15.8 Å². The van der Waals surface area contributed by atoms with Gasteiger partial charge < -0.3 is 26.0 Å². The van der Waals surface area contributed by atoms with Crippen molar-refractivity contribution in [3.05, 3.63) is 53.1 Å². The largest absolute Gasteiger partial charge is 0.504 e. The number of aliphatic hydroxyl groups is 1. The third kappa shape index (κ3) is 2.62. The molecule has 7 rings (SSSR count). The highest BCUT2D eigenvalue weighted by Gasteiger charge is 2.73. The van der Waals surface area contributed by atoms with Gasteiger partial charge in [-0.3, -0.25) is 9.69 Å². The second kappa shape index (κ2) is 6.89. The molecule has 5 atom stereocenters. The van der Waals surface area contributed by atoms with Crippen molar-refractivity contribution < 1.29 is 19.7 Å². The Morgan fingerprint density at radius 2 is 1.94 bits per heavy atom. The Labute approximate surface area is 198 Å². The lowest BCUT2D eigenvalue weighted by Gasteiger charge is -2.64. The molecule has 2 aromatic carbocycles. The maximum Gasteiger partial charge on any atom is 0.251 e. The van der Waals surface area contributed by atoms with Crippen molar-refractivity contribution in [2.45, 2.75) is 67.7 Å². The smallest absolute Gasteiger partial charge is 0.251 e. The first-order valence-electron chi connectivity index (χ1n) is 12.6. The van der Waals surface area contributed by atoms with Crippen LogP contribution in [-0.2, 0) is 11.8 Å². The lowest BCUT2D eigenvalue weighted by atomic mass is 9.48. The first-order chi connectivity index (χ1) is 16.4. The zero-order valence-electron chi connectivity index (χ0n) is 19.2. The van der Waals surface area contributed by atoms with Crippen LogP contribution in [0.1, 0.15) is 53.6 Å². The summed E-state index contributed by atoms with van der Waals surface area (Å²) in [6.45, 7) is 1.95. The maximum absolute atomic E-state index is 13.1. The van der Waals surface area contributed by atoms with Gasteiger partial charge in [0.25, 0.3) is 5.91 Å². The molecule has 178 valence electrons. The summed E-state index contributed by atoms with van der Waals surface area (Å²) in [6, 6.07) is 10.4. The normalized spacial score (nSPS) is 35.4. The molecule has 2 heterocycles. The SMILES string of the molecule is Nc1ccc(C(=O)N[C@@H]2CC[C@@]3(O)[C@H]4Cc5ccc(O)c6c5[C@@]3(CCN4CC3CC3)[C@H]2O6)cc1. The summed E-state index contributed by atoms with van der Waals surface area (Å²) in [4.78, 5) is 15.6. The maximum atomic E-state index is 13.1. The van der Waals surface area contributed by atoms with E-state index in [4.69, 9.17) is 10.5 Å². The first-order valence-corrected chi connectivity index (χ1v) is 12.6. The highest BCUT2D eigenvalue weighted by molar-refractivity contribution is 5.94. The number of carbonyl (C=O) groups excluding carboxylic acids is 1. The van der Waals surface area contributed by atoms with Gasteiger partial charge in [0.2, 0.25) is 0 Å². The van der Waals surface area contributed by atoms with Crippen LogP contribution in [0.3, 0.4) is 0 Å². The molecule has 2 aliphatic heterocycles. The predicted octanol–water partition coefficient (Wildman–Crippen LogP) is 2.34. The lowest BCUT2D eigenvalue weighted by Crippen LogP contribution is -2.78. The molecule has 1 saturated heterocycles. The Balaban J connectivity index is 1.29. The van der Waals surface area contributed by atoms with Crippen LogP contribution in [0.4, 0.5) is 5.69 Å². The van der Waals surface area contributed by atoms with E-state index in [-0.39, 0.29) is 23.7 Å². The van der Waals surface area contributed by atoms with E-state index in [1.807, 2.05) is 6.07 Å². The van der Waals surface area contributed by atoms with Gasteiger partial charge in [-0.2, -0.15) is 0 Å². The summed E-state index contributed by atoms with van der Waals surface area (Å²) < 4.78 is 6.51. The molecule has 0 radical (unpaired) electrons. The fourth-order valence-corrected chi connectivity index (χ4v) is 7.52. The Kier molecular flexibility index (Phi) is 4.17. The van der Waals surface area contributed by atoms with Crippen LogP contribution in [0.15, 0.2) is 36.4 Å². The summed E-state index contributed by atoms with van der Waals surface area (Å²) in [5, 5.41) is 26.4. The topological polar surface area (TPSA) is 108 Å². The van der Waals surface area contributed by atoms with Crippen molar-refractivity contribution in [3.63, 3.8) is 0 Å². The van der Waals surface area contributed by atoms with Crippen LogP contribution >= 0.6 is 0 Å². The number of phenolic OH excluding ortho intramolecular Hbond substituents is 1. The van der Waals surface area contributed by atoms with Crippen LogP contribution in [-0.4, -0.2) is 57.9 Å². The van der Waals surface area contributed by atoms with Crippen LogP contribution in [0.5, 0.6) is 11.5 Å². The molecule has 7 nitrogen and oxygen atoms in total. The minimum atomic E-state index is -0.945. The number of hydrogen-bond acceptors (Lipinski definition) is 6. The number of anilines is 1. The third-order valence-electron chi connectivity index (χ3n) is 9.25. The molecule has 34 heavy (non-hydrogen) atoms. The molecular weight excluding hydrogens is 430 g/mol. The third-order valence-corrected chi connectivity index (χ3v) is 9.25. The van der Waals surface area contributed by atoms with Crippen molar-refractivity contribution in [1.29, 1.82) is 0 Å². The van der Waals surface area contributed by atoms with Gasteiger partial charge in [-0.25, -0.2) is 0 Å². The number of nitrogens with zero attached hydrogens (tertiary/aromatic N) is 1. The highest BCUT2D eigenvalue weighted by atomic mass is 16.5. The molecule has 7 heteroatoms. The second-order valence-electron chi connectivity index (χ2n) is 11.0. The van der Waals surface area contributed by atoms with Crippen molar-refractivity contribution in [2.75, 3.05) is 18.8 Å². The Hall–Kier alpha value is -2.77. The van der Waals surface area contributed by atoms with Gasteiger partial charge in [0, 0.05) is 29.4 Å². The number of phenols is 1. The van der Waals surface area contributed by atoms with Gasteiger partial charge in [0.05, 0.1) is 17.1 Å². The van der Waals surface area contributed by atoms with Crippen molar-refractivity contribution in [2.24, 2.45) is 5.92 Å². The van der Waals surface area contributed by atoms with E-state index in [1.54, 1.807) is 30.3 Å². The molecule has 2 bridgehead atoms. The summed E-state index contributed by atoms with van der Waals surface area (Å²) in [5.41, 5.74) is 7.52. The van der Waals surface area contributed by atoms with Gasteiger partial charge >= 0.3 is 0 Å². The summed E-state index contributed by atoms with van der Waals surface area (Å²) >= 11 is 0. The minimum absolute atomic E-state index is 0.0321. The Morgan fingerprint density at radius 1 is 1.15 bits per heavy atom. The van der Waals surface area contributed by atoms with Crippen LogP contribution in [0.2, 0.25) is 0 Å². The van der Waals surface area contributed by atoms with Gasteiger partial charge in [-0.1, -0.05) is 6.07 Å². The molecule has 1 amide bonds. The van der Waals surface area contributed by atoms with E-state index in [9.17, 15) is 15.0 Å². The number of aromatic hydroxyl groups is 1.